The van der Waals surface area contributed by atoms with Crippen LogP contribution in [-0.4, -0.2) is 61.6 Å². The summed E-state index contributed by atoms with van der Waals surface area (Å²) >= 11 is 2.39. The number of thioether (sulfide) groups is 1. The fraction of sp³-hybridized carbons (Fsp3) is 0.242. The van der Waals surface area contributed by atoms with Crippen molar-refractivity contribution in [3.63, 3.8) is 0 Å². The monoisotopic (exact) mass is 660 g/mol. The average Bonchev–Trinajstić information content (AvgIpc) is 3.49. The van der Waals surface area contributed by atoms with Crippen molar-refractivity contribution < 1.29 is 33.8 Å². The predicted octanol–water partition coefficient (Wildman–Crippen LogP) is 5.56. The molecule has 3 N–H and O–H groups in total. The first kappa shape index (κ1) is 32.5. The van der Waals surface area contributed by atoms with Crippen molar-refractivity contribution in [2.24, 2.45) is 0 Å². The summed E-state index contributed by atoms with van der Waals surface area (Å²) in [5, 5.41) is 16.1. The van der Waals surface area contributed by atoms with E-state index in [-0.39, 0.29) is 22.1 Å². The average molecular weight is 661 g/mol. The van der Waals surface area contributed by atoms with Gasteiger partial charge in [0, 0.05) is 11.1 Å². The highest BCUT2D eigenvalue weighted by Crippen LogP contribution is 2.42. The number of hydrogen-bond acceptors (Lipinski definition) is 10. The van der Waals surface area contributed by atoms with E-state index in [4.69, 9.17) is 9.47 Å². The minimum absolute atomic E-state index is 0.0707. The molecule has 5 rings (SSSR count). The van der Waals surface area contributed by atoms with Gasteiger partial charge in [0.2, 0.25) is 0 Å². The molecule has 46 heavy (non-hydrogen) atoms. The second kappa shape index (κ2) is 13.6. The fourth-order valence-corrected chi connectivity index (χ4v) is 6.88. The van der Waals surface area contributed by atoms with Crippen molar-refractivity contribution in [2.45, 2.75) is 43.9 Å². The minimum Gasteiger partial charge on any atom is -0.515 e. The summed E-state index contributed by atoms with van der Waals surface area (Å²) in [6.07, 6.45) is 0.666. The topological polar surface area (TPSA) is 147 Å². The van der Waals surface area contributed by atoms with Gasteiger partial charge in [0.05, 0.1) is 12.0 Å². The van der Waals surface area contributed by atoms with Crippen molar-refractivity contribution in [2.75, 3.05) is 11.1 Å². The van der Waals surface area contributed by atoms with E-state index in [1.165, 1.54) is 28.1 Å². The second-order valence-electron chi connectivity index (χ2n) is 11.3. The van der Waals surface area contributed by atoms with Crippen LogP contribution in [0.4, 0.5) is 9.93 Å². The third-order valence-electron chi connectivity index (χ3n) is 6.92. The molecule has 0 radical (unpaired) electrons. The SMILES string of the molecule is C=CC1=C(C(=O)OC(c2ccccc2)c2ccccc2)N2C(=O)[C@@H](NC(=O)C(=CO)c3csc(NC(=O)OC(C)(C)C)n3)[C@H]2SC1. The molecule has 0 unspecified atom stereocenters. The van der Waals surface area contributed by atoms with Crippen LogP contribution in [0.1, 0.15) is 43.7 Å². The third kappa shape index (κ3) is 7.00. The molecule has 2 atom stereocenters. The van der Waals surface area contributed by atoms with Crippen molar-refractivity contribution in [3.8, 4) is 0 Å². The van der Waals surface area contributed by atoms with Crippen LogP contribution < -0.4 is 10.6 Å². The van der Waals surface area contributed by atoms with E-state index in [2.05, 4.69) is 22.2 Å². The molecule has 2 aliphatic heterocycles. The summed E-state index contributed by atoms with van der Waals surface area (Å²) in [4.78, 5) is 58.1. The number of rotatable bonds is 9. The number of ether oxygens (including phenoxy) is 2. The number of allylic oxidation sites excluding steroid dienone is 1. The number of carbonyl (C=O) groups is 4. The maximum Gasteiger partial charge on any atom is 0.413 e. The highest BCUT2D eigenvalue weighted by molar-refractivity contribution is 8.00. The first-order valence-corrected chi connectivity index (χ1v) is 16.2. The standard InChI is InChI=1S/C33H32N4O7S2/c1-5-19-17-45-29-24(35-27(39)22(16-38)23-18-46-31(34-23)36-32(42)44-33(2,3)4)28(40)37(29)25(19)30(41)43-26(20-12-8-6-9-13-20)21-14-10-7-11-15-21/h5-16,18,24,26,29,38H,1,17H2,2-4H3,(H,35,39)(H,34,36,42)/t24-,29-/m1/s1. The Balaban J connectivity index is 1.30. The highest BCUT2D eigenvalue weighted by Gasteiger charge is 2.54. The first-order valence-electron chi connectivity index (χ1n) is 14.2. The number of aliphatic hydroxyl groups excluding tert-OH is 1. The normalized spacial score (nSPS) is 18.0. The van der Waals surface area contributed by atoms with E-state index in [9.17, 15) is 24.3 Å². The maximum atomic E-state index is 13.8. The highest BCUT2D eigenvalue weighted by atomic mass is 32.2. The molecule has 3 aromatic rings. The number of nitrogens with one attached hydrogen (secondary N) is 2. The Kier molecular flexibility index (Phi) is 9.63. The number of nitrogens with zero attached hydrogens (tertiary/aromatic N) is 2. The van der Waals surface area contributed by atoms with Crippen molar-refractivity contribution >= 4 is 57.7 Å². The number of fused-ring (bicyclic) bond motifs is 1. The summed E-state index contributed by atoms with van der Waals surface area (Å²) in [6, 6.07) is 17.6. The molecule has 0 bridgehead atoms. The first-order chi connectivity index (χ1) is 22.0. The number of anilines is 1. The van der Waals surface area contributed by atoms with Crippen LogP contribution in [0.25, 0.3) is 5.57 Å². The van der Waals surface area contributed by atoms with Crippen LogP contribution in [-0.2, 0) is 23.9 Å². The van der Waals surface area contributed by atoms with Crippen LogP contribution in [0.2, 0.25) is 0 Å². The second-order valence-corrected chi connectivity index (χ2v) is 13.2. The van der Waals surface area contributed by atoms with Crippen LogP contribution in [0.15, 0.2) is 96.2 Å². The van der Waals surface area contributed by atoms with E-state index in [1.807, 2.05) is 60.7 Å². The summed E-state index contributed by atoms with van der Waals surface area (Å²) in [7, 11) is 0. The molecule has 3 amide bonds. The molecule has 0 saturated carbocycles. The molecule has 3 heterocycles. The molecule has 1 fully saturated rings. The van der Waals surface area contributed by atoms with E-state index in [0.717, 1.165) is 22.5 Å². The number of β-lactam (4-membered cyclic amide) rings is 1. The number of hydrogen-bond donors (Lipinski definition) is 3. The molecular formula is C33H32N4O7S2. The lowest BCUT2D eigenvalue weighted by molar-refractivity contribution is -0.154. The van der Waals surface area contributed by atoms with Crippen LogP contribution in [0.3, 0.4) is 0 Å². The molecule has 2 aromatic carbocycles. The van der Waals surface area contributed by atoms with Gasteiger partial charge in [-0.3, -0.25) is 19.8 Å². The Morgan fingerprint density at radius 2 is 1.72 bits per heavy atom. The third-order valence-corrected chi connectivity index (χ3v) is 8.98. The van der Waals surface area contributed by atoms with E-state index < -0.39 is 47.0 Å². The van der Waals surface area contributed by atoms with Crippen LogP contribution >= 0.6 is 23.1 Å². The van der Waals surface area contributed by atoms with Gasteiger partial charge in [-0.15, -0.1) is 23.1 Å². The number of carbonyl (C=O) groups excluding carboxylic acids is 4. The Morgan fingerprint density at radius 3 is 2.28 bits per heavy atom. The van der Waals surface area contributed by atoms with E-state index >= 15 is 0 Å². The van der Waals surface area contributed by atoms with Gasteiger partial charge in [-0.1, -0.05) is 73.3 Å². The molecule has 238 valence electrons. The van der Waals surface area contributed by atoms with Crippen molar-refractivity contribution in [3.05, 3.63) is 113 Å². The Morgan fingerprint density at radius 1 is 1.09 bits per heavy atom. The number of thiazole rings is 1. The summed E-state index contributed by atoms with van der Waals surface area (Å²) in [5.74, 6) is -1.62. The Bertz CT molecular complexity index is 1670. The van der Waals surface area contributed by atoms with Gasteiger partial charge in [-0.05, 0) is 37.5 Å². The smallest absolute Gasteiger partial charge is 0.413 e. The summed E-state index contributed by atoms with van der Waals surface area (Å²) < 4.78 is 11.3. The van der Waals surface area contributed by atoms with Crippen LogP contribution in [0, 0.1) is 0 Å². The van der Waals surface area contributed by atoms with E-state index in [0.29, 0.717) is 17.6 Å². The lowest BCUT2D eigenvalue weighted by atomic mass is 10.0. The lowest BCUT2D eigenvalue weighted by Crippen LogP contribution is -2.70. The number of amides is 3. The molecule has 0 spiro atoms. The molecule has 2 aliphatic rings. The number of esters is 1. The molecule has 13 heteroatoms. The quantitative estimate of drug-likeness (QED) is 0.116. The Hall–Kier alpha value is -4.88. The number of aliphatic hydroxyl groups is 1. The maximum absolute atomic E-state index is 13.8. The van der Waals surface area contributed by atoms with Gasteiger partial charge in [0.15, 0.2) is 11.2 Å². The van der Waals surface area contributed by atoms with Gasteiger partial charge < -0.3 is 19.9 Å². The van der Waals surface area contributed by atoms with Gasteiger partial charge in [-0.25, -0.2) is 14.6 Å². The molecule has 0 aliphatic carbocycles. The van der Waals surface area contributed by atoms with Crippen molar-refractivity contribution in [1.29, 1.82) is 0 Å². The molecule has 1 aromatic heterocycles. The molecular weight excluding hydrogens is 629 g/mol. The zero-order valence-electron chi connectivity index (χ0n) is 25.3. The molecule has 1 saturated heterocycles. The Labute approximate surface area is 274 Å². The van der Waals surface area contributed by atoms with Crippen LogP contribution in [0.5, 0.6) is 0 Å². The molecule has 11 nitrogen and oxygen atoms in total. The number of benzene rings is 2. The zero-order valence-corrected chi connectivity index (χ0v) is 26.9. The van der Waals surface area contributed by atoms with Crippen molar-refractivity contribution in [1.82, 2.24) is 15.2 Å². The minimum atomic E-state index is -0.987. The van der Waals surface area contributed by atoms with Gasteiger partial charge in [0.1, 0.15) is 28.3 Å². The zero-order chi connectivity index (χ0) is 33.0. The number of aromatic nitrogens is 1. The van der Waals surface area contributed by atoms with Gasteiger partial charge in [-0.2, -0.15) is 0 Å². The van der Waals surface area contributed by atoms with Gasteiger partial charge >= 0.3 is 12.1 Å². The lowest BCUT2D eigenvalue weighted by Gasteiger charge is -2.49. The fourth-order valence-electron chi connectivity index (χ4n) is 4.84. The largest absolute Gasteiger partial charge is 0.515 e. The summed E-state index contributed by atoms with van der Waals surface area (Å²) in [5.41, 5.74) is 1.29. The van der Waals surface area contributed by atoms with Gasteiger partial charge in [0.25, 0.3) is 11.8 Å². The predicted molar refractivity (Wildman–Crippen MR) is 176 cm³/mol. The summed E-state index contributed by atoms with van der Waals surface area (Å²) in [6.45, 7) is 8.99. The van der Waals surface area contributed by atoms with E-state index in [1.54, 1.807) is 20.8 Å².